The average molecular weight is 435 g/mol. The molecule has 0 spiro atoms. The highest BCUT2D eigenvalue weighted by Gasteiger charge is 2.21. The number of nitrogens with zero attached hydrogens (tertiary/aromatic N) is 2. The first-order valence-corrected chi connectivity index (χ1v) is 12.4. The molecule has 0 fully saturated rings. The second-order valence-electron chi connectivity index (χ2n) is 8.41. The Morgan fingerprint density at radius 3 is 1.34 bits per heavy atom. The van der Waals surface area contributed by atoms with Gasteiger partial charge in [-0.25, -0.2) is 0 Å². The van der Waals surface area contributed by atoms with E-state index in [-0.39, 0.29) is 11.1 Å². The van der Waals surface area contributed by atoms with Gasteiger partial charge in [-0.05, 0) is 12.8 Å². The predicted octanol–water partition coefficient (Wildman–Crippen LogP) is 8.06. The monoisotopic (exact) mass is 434 g/mol. The minimum Gasteiger partial charge on any atom is -0.491 e. The number of fused-ring (bicyclic) bond motifs is 1. The predicted molar refractivity (Wildman–Crippen MR) is 131 cm³/mol. The highest BCUT2D eigenvalue weighted by molar-refractivity contribution is 5.98. The Morgan fingerprint density at radius 2 is 0.969 bits per heavy atom. The van der Waals surface area contributed by atoms with Crippen molar-refractivity contribution < 1.29 is 9.47 Å². The standard InChI is InChI=1S/C28H38N2O2/c1-3-5-7-9-11-15-19-31-27-23-17-13-14-18-24(23)28(26(22-30)25(27)21-29)32-20-16-12-10-8-6-4-2/h13-14,17-18H,3-12,15-16,19-20H2,1-2H3. The van der Waals surface area contributed by atoms with Gasteiger partial charge >= 0.3 is 0 Å². The van der Waals surface area contributed by atoms with E-state index in [1.165, 1.54) is 51.4 Å². The Labute approximate surface area is 194 Å². The zero-order valence-corrected chi connectivity index (χ0v) is 19.9. The lowest BCUT2D eigenvalue weighted by Crippen LogP contribution is -2.05. The third-order valence-corrected chi connectivity index (χ3v) is 5.83. The van der Waals surface area contributed by atoms with E-state index in [1.807, 2.05) is 24.3 Å². The summed E-state index contributed by atoms with van der Waals surface area (Å²) in [4.78, 5) is 0. The van der Waals surface area contributed by atoms with Crippen LogP contribution in [0.25, 0.3) is 10.8 Å². The van der Waals surface area contributed by atoms with E-state index in [2.05, 4.69) is 26.0 Å². The maximum absolute atomic E-state index is 9.87. The quantitative estimate of drug-likeness (QED) is 0.251. The highest BCUT2D eigenvalue weighted by atomic mass is 16.5. The van der Waals surface area contributed by atoms with Crippen LogP contribution in [0.5, 0.6) is 11.5 Å². The van der Waals surface area contributed by atoms with Crippen molar-refractivity contribution in [3.63, 3.8) is 0 Å². The van der Waals surface area contributed by atoms with Gasteiger partial charge in [0.25, 0.3) is 0 Å². The molecule has 0 N–H and O–H groups in total. The molecule has 0 aliphatic carbocycles. The molecule has 172 valence electrons. The molecule has 2 aromatic rings. The summed E-state index contributed by atoms with van der Waals surface area (Å²) in [5.74, 6) is 1.03. The van der Waals surface area contributed by atoms with Crippen LogP contribution in [-0.4, -0.2) is 13.2 Å². The van der Waals surface area contributed by atoms with Gasteiger partial charge < -0.3 is 9.47 Å². The van der Waals surface area contributed by atoms with E-state index in [0.717, 1.165) is 36.5 Å². The van der Waals surface area contributed by atoms with Crippen LogP contribution in [0.2, 0.25) is 0 Å². The van der Waals surface area contributed by atoms with Crippen LogP contribution in [0.4, 0.5) is 0 Å². The second kappa shape index (κ2) is 15.1. The molecule has 32 heavy (non-hydrogen) atoms. The van der Waals surface area contributed by atoms with Crippen molar-refractivity contribution in [3.8, 4) is 23.6 Å². The van der Waals surface area contributed by atoms with Gasteiger partial charge in [-0.3, -0.25) is 0 Å². The van der Waals surface area contributed by atoms with Crippen molar-refractivity contribution in [2.75, 3.05) is 13.2 Å². The SMILES string of the molecule is CCCCCCCCOc1c(C#N)c(C#N)c(OCCCCCCCC)c2ccccc12. The molecule has 0 saturated heterocycles. The molecule has 0 aliphatic heterocycles. The molecule has 0 saturated carbocycles. The van der Waals surface area contributed by atoms with Crippen molar-refractivity contribution in [2.45, 2.75) is 90.9 Å². The molecule has 2 aromatic carbocycles. The van der Waals surface area contributed by atoms with Gasteiger partial charge in [0.1, 0.15) is 34.8 Å². The van der Waals surface area contributed by atoms with Crippen LogP contribution in [-0.2, 0) is 0 Å². The number of hydrogen-bond donors (Lipinski definition) is 0. The number of benzene rings is 2. The van der Waals surface area contributed by atoms with Crippen LogP contribution < -0.4 is 9.47 Å². The summed E-state index contributed by atoms with van der Waals surface area (Å²) in [6.45, 7) is 5.53. The Kier molecular flexibility index (Phi) is 12.1. The van der Waals surface area contributed by atoms with Gasteiger partial charge in [0.15, 0.2) is 0 Å². The lowest BCUT2D eigenvalue weighted by atomic mass is 9.98. The van der Waals surface area contributed by atoms with Gasteiger partial charge in [-0.2, -0.15) is 10.5 Å². The van der Waals surface area contributed by atoms with Crippen LogP contribution in [0.15, 0.2) is 24.3 Å². The molecule has 2 rings (SSSR count). The lowest BCUT2D eigenvalue weighted by Gasteiger charge is -2.17. The summed E-state index contributed by atoms with van der Waals surface area (Å²) < 4.78 is 12.2. The molecule has 0 heterocycles. The zero-order valence-electron chi connectivity index (χ0n) is 19.9. The van der Waals surface area contributed by atoms with Crippen molar-refractivity contribution in [2.24, 2.45) is 0 Å². The maximum atomic E-state index is 9.87. The van der Waals surface area contributed by atoms with E-state index in [9.17, 15) is 10.5 Å². The van der Waals surface area contributed by atoms with Crippen molar-refractivity contribution in [3.05, 3.63) is 35.4 Å². The number of rotatable bonds is 16. The number of ether oxygens (including phenoxy) is 2. The molecule has 0 bridgehead atoms. The summed E-state index contributed by atoms with van der Waals surface area (Å²) in [5, 5.41) is 21.4. The van der Waals surface area contributed by atoms with E-state index >= 15 is 0 Å². The minimum absolute atomic E-state index is 0.287. The minimum atomic E-state index is 0.287. The number of unbranched alkanes of at least 4 members (excludes halogenated alkanes) is 10. The molecule has 0 atom stereocenters. The first-order chi connectivity index (χ1) is 15.8. The third-order valence-electron chi connectivity index (χ3n) is 5.83. The Balaban J connectivity index is 2.14. The van der Waals surface area contributed by atoms with Gasteiger partial charge in [-0.15, -0.1) is 0 Å². The van der Waals surface area contributed by atoms with Crippen LogP contribution in [0.1, 0.15) is 102 Å². The summed E-state index contributed by atoms with van der Waals surface area (Å²) in [6.07, 6.45) is 14.1. The lowest BCUT2D eigenvalue weighted by molar-refractivity contribution is 0.300. The van der Waals surface area contributed by atoms with E-state index in [4.69, 9.17) is 9.47 Å². The summed E-state index contributed by atoms with van der Waals surface area (Å²) in [5.41, 5.74) is 0.574. The fourth-order valence-corrected chi connectivity index (χ4v) is 4.00. The summed E-state index contributed by atoms with van der Waals surface area (Å²) in [7, 11) is 0. The molecule has 0 aromatic heterocycles. The molecule has 0 amide bonds. The smallest absolute Gasteiger partial charge is 0.146 e. The fraction of sp³-hybridized carbons (Fsp3) is 0.571. The van der Waals surface area contributed by atoms with Crippen molar-refractivity contribution in [1.82, 2.24) is 0 Å². The average Bonchev–Trinajstić information content (AvgIpc) is 2.82. The first-order valence-electron chi connectivity index (χ1n) is 12.4. The van der Waals surface area contributed by atoms with Crippen LogP contribution in [0.3, 0.4) is 0 Å². The van der Waals surface area contributed by atoms with E-state index in [1.54, 1.807) is 0 Å². The molecular formula is C28H38N2O2. The van der Waals surface area contributed by atoms with Crippen molar-refractivity contribution in [1.29, 1.82) is 10.5 Å². The van der Waals surface area contributed by atoms with Gasteiger partial charge in [0, 0.05) is 10.8 Å². The van der Waals surface area contributed by atoms with Gasteiger partial charge in [0.05, 0.1) is 13.2 Å². The Bertz CT molecular complexity index is 834. The number of hydrogen-bond acceptors (Lipinski definition) is 4. The summed E-state index contributed by atoms with van der Waals surface area (Å²) in [6, 6.07) is 12.2. The molecule has 4 nitrogen and oxygen atoms in total. The molecular weight excluding hydrogens is 396 g/mol. The van der Waals surface area contributed by atoms with Gasteiger partial charge in [0.2, 0.25) is 0 Å². The summed E-state index contributed by atoms with van der Waals surface area (Å²) >= 11 is 0. The fourth-order valence-electron chi connectivity index (χ4n) is 4.00. The van der Waals surface area contributed by atoms with E-state index in [0.29, 0.717) is 24.7 Å². The van der Waals surface area contributed by atoms with Gasteiger partial charge in [-0.1, -0.05) is 102 Å². The Hall–Kier alpha value is -2.72. The van der Waals surface area contributed by atoms with Crippen molar-refractivity contribution >= 4 is 10.8 Å². The normalized spacial score (nSPS) is 10.6. The van der Waals surface area contributed by atoms with E-state index < -0.39 is 0 Å². The van der Waals surface area contributed by atoms with Crippen LogP contribution >= 0.6 is 0 Å². The molecule has 0 radical (unpaired) electrons. The highest BCUT2D eigenvalue weighted by Crippen LogP contribution is 2.40. The van der Waals surface area contributed by atoms with Crippen LogP contribution in [0, 0.1) is 22.7 Å². The third kappa shape index (κ3) is 7.45. The zero-order chi connectivity index (χ0) is 23.0. The molecule has 0 unspecified atom stereocenters. The maximum Gasteiger partial charge on any atom is 0.146 e. The number of nitriles is 2. The largest absolute Gasteiger partial charge is 0.491 e. The Morgan fingerprint density at radius 1 is 0.594 bits per heavy atom. The molecule has 0 aliphatic rings. The molecule has 4 heteroatoms. The topological polar surface area (TPSA) is 66.0 Å². The second-order valence-corrected chi connectivity index (χ2v) is 8.41. The first kappa shape index (κ1) is 25.5.